The van der Waals surface area contributed by atoms with Crippen LogP contribution < -0.4 is 4.72 Å². The van der Waals surface area contributed by atoms with E-state index < -0.39 is 10.0 Å². The van der Waals surface area contributed by atoms with Crippen molar-refractivity contribution < 1.29 is 13.2 Å². The zero-order valence-electron chi connectivity index (χ0n) is 13.2. The lowest BCUT2D eigenvalue weighted by Gasteiger charge is -2.32. The minimum Gasteiger partial charge on any atom is -0.343 e. The molecule has 1 saturated heterocycles. The second-order valence-electron chi connectivity index (χ2n) is 5.63. The van der Waals surface area contributed by atoms with Gasteiger partial charge >= 0.3 is 0 Å². The second kappa shape index (κ2) is 7.24. The summed E-state index contributed by atoms with van der Waals surface area (Å²) < 4.78 is 27.5. The maximum absolute atomic E-state index is 12.4. The first-order valence-corrected chi connectivity index (χ1v) is 9.33. The fraction of sp³-hybridized carbons (Fsp3) is 0.562. The van der Waals surface area contributed by atoms with Gasteiger partial charge in [0.1, 0.15) is 0 Å². The van der Waals surface area contributed by atoms with E-state index in [9.17, 15) is 13.2 Å². The zero-order chi connectivity index (χ0) is 16.2. The minimum atomic E-state index is -3.48. The van der Waals surface area contributed by atoms with Gasteiger partial charge in [0.05, 0.1) is 4.90 Å². The van der Waals surface area contributed by atoms with Gasteiger partial charge in [-0.05, 0) is 37.0 Å². The summed E-state index contributed by atoms with van der Waals surface area (Å²) in [7, 11) is -3.48. The summed E-state index contributed by atoms with van der Waals surface area (Å²) in [6.45, 7) is 5.12. The largest absolute Gasteiger partial charge is 0.343 e. The summed E-state index contributed by atoms with van der Waals surface area (Å²) in [6.07, 6.45) is 2.72. The average molecular weight is 324 g/mol. The topological polar surface area (TPSA) is 66.5 Å². The standard InChI is InChI=1S/C16H24N2O3S/c1-3-13-5-7-15(8-6-13)22(20,21)17-14-9-11-18(12-10-14)16(19)4-2/h5-8,14,17H,3-4,9-12H2,1-2H3. The van der Waals surface area contributed by atoms with E-state index in [0.717, 1.165) is 12.0 Å². The van der Waals surface area contributed by atoms with Crippen molar-refractivity contribution in [3.8, 4) is 0 Å². The number of hydrogen-bond acceptors (Lipinski definition) is 3. The molecule has 1 heterocycles. The van der Waals surface area contributed by atoms with Gasteiger partial charge in [0.25, 0.3) is 0 Å². The molecule has 1 N–H and O–H groups in total. The van der Waals surface area contributed by atoms with E-state index in [4.69, 9.17) is 0 Å². The first kappa shape index (κ1) is 17.0. The smallest absolute Gasteiger partial charge is 0.240 e. The quantitative estimate of drug-likeness (QED) is 0.900. The molecule has 0 atom stereocenters. The highest BCUT2D eigenvalue weighted by Crippen LogP contribution is 2.16. The van der Waals surface area contributed by atoms with Crippen molar-refractivity contribution >= 4 is 15.9 Å². The van der Waals surface area contributed by atoms with Crippen molar-refractivity contribution in [2.75, 3.05) is 13.1 Å². The number of nitrogens with one attached hydrogen (secondary N) is 1. The third-order valence-corrected chi connectivity index (χ3v) is 5.65. The van der Waals surface area contributed by atoms with E-state index >= 15 is 0 Å². The van der Waals surface area contributed by atoms with Gasteiger partial charge in [0.15, 0.2) is 0 Å². The number of sulfonamides is 1. The Kier molecular flexibility index (Phi) is 5.58. The Morgan fingerprint density at radius 2 is 1.77 bits per heavy atom. The molecule has 1 amide bonds. The van der Waals surface area contributed by atoms with Crippen molar-refractivity contribution in [2.45, 2.75) is 50.5 Å². The van der Waals surface area contributed by atoms with E-state index in [-0.39, 0.29) is 11.9 Å². The van der Waals surface area contributed by atoms with Crippen LogP contribution in [0.5, 0.6) is 0 Å². The van der Waals surface area contributed by atoms with Crippen LogP contribution in [0.25, 0.3) is 0 Å². The van der Waals surface area contributed by atoms with Gasteiger partial charge in [-0.1, -0.05) is 26.0 Å². The number of rotatable bonds is 5. The van der Waals surface area contributed by atoms with Crippen LogP contribution in [0, 0.1) is 0 Å². The van der Waals surface area contributed by atoms with Gasteiger partial charge < -0.3 is 4.90 Å². The van der Waals surface area contributed by atoms with Crippen molar-refractivity contribution in [1.29, 1.82) is 0 Å². The molecular weight excluding hydrogens is 300 g/mol. The summed E-state index contributed by atoms with van der Waals surface area (Å²) >= 11 is 0. The molecule has 1 aliphatic rings. The van der Waals surface area contributed by atoms with Gasteiger partial charge in [-0.25, -0.2) is 13.1 Å². The van der Waals surface area contributed by atoms with Crippen LogP contribution in [-0.4, -0.2) is 38.4 Å². The fourth-order valence-electron chi connectivity index (χ4n) is 2.66. The van der Waals surface area contributed by atoms with Gasteiger partial charge in [-0.2, -0.15) is 0 Å². The van der Waals surface area contributed by atoms with Crippen molar-refractivity contribution in [1.82, 2.24) is 9.62 Å². The van der Waals surface area contributed by atoms with Crippen LogP contribution in [0.3, 0.4) is 0 Å². The minimum absolute atomic E-state index is 0.100. The molecule has 0 aliphatic carbocycles. The molecule has 0 saturated carbocycles. The predicted molar refractivity (Wildman–Crippen MR) is 86.0 cm³/mol. The third-order valence-electron chi connectivity index (χ3n) is 4.11. The van der Waals surface area contributed by atoms with Gasteiger partial charge in [0.2, 0.25) is 15.9 Å². The van der Waals surface area contributed by atoms with E-state index in [1.807, 2.05) is 26.0 Å². The molecule has 1 aromatic rings. The summed E-state index contributed by atoms with van der Waals surface area (Å²) in [4.78, 5) is 13.7. The van der Waals surface area contributed by atoms with E-state index in [2.05, 4.69) is 4.72 Å². The first-order valence-electron chi connectivity index (χ1n) is 7.85. The molecule has 0 radical (unpaired) electrons. The van der Waals surface area contributed by atoms with Crippen molar-refractivity contribution in [3.05, 3.63) is 29.8 Å². The molecule has 1 aromatic carbocycles. The molecule has 0 spiro atoms. The average Bonchev–Trinajstić information content (AvgIpc) is 2.54. The molecule has 122 valence electrons. The van der Waals surface area contributed by atoms with E-state index in [1.165, 1.54) is 0 Å². The Morgan fingerprint density at radius 1 is 1.18 bits per heavy atom. The van der Waals surface area contributed by atoms with Crippen LogP contribution in [0.2, 0.25) is 0 Å². The molecule has 2 rings (SSSR count). The molecule has 1 fully saturated rings. The molecule has 1 aliphatic heterocycles. The number of amides is 1. The number of hydrogen-bond donors (Lipinski definition) is 1. The molecule has 0 unspecified atom stereocenters. The molecule has 0 bridgehead atoms. The lowest BCUT2D eigenvalue weighted by atomic mass is 10.1. The highest BCUT2D eigenvalue weighted by atomic mass is 32.2. The molecule has 0 aromatic heterocycles. The van der Waals surface area contributed by atoms with Gasteiger partial charge in [0, 0.05) is 25.6 Å². The molecule has 22 heavy (non-hydrogen) atoms. The Balaban J connectivity index is 1.96. The lowest BCUT2D eigenvalue weighted by molar-refractivity contribution is -0.131. The molecule has 6 heteroatoms. The SMILES string of the molecule is CCC(=O)N1CCC(NS(=O)(=O)c2ccc(CC)cc2)CC1. The Labute approximate surface area is 132 Å². The monoisotopic (exact) mass is 324 g/mol. The van der Waals surface area contributed by atoms with Crippen LogP contribution in [0.1, 0.15) is 38.7 Å². The number of piperidine rings is 1. The lowest BCUT2D eigenvalue weighted by Crippen LogP contribution is -2.46. The highest BCUT2D eigenvalue weighted by Gasteiger charge is 2.26. The number of benzene rings is 1. The summed E-state index contributed by atoms with van der Waals surface area (Å²) in [6, 6.07) is 6.89. The predicted octanol–water partition coefficient (Wildman–Crippen LogP) is 1.93. The Hall–Kier alpha value is -1.40. The van der Waals surface area contributed by atoms with Crippen LogP contribution >= 0.6 is 0 Å². The maximum atomic E-state index is 12.4. The second-order valence-corrected chi connectivity index (χ2v) is 7.34. The first-order chi connectivity index (χ1) is 10.5. The number of nitrogens with zero attached hydrogens (tertiary/aromatic N) is 1. The molecule has 5 nitrogen and oxygen atoms in total. The summed E-state index contributed by atoms with van der Waals surface area (Å²) in [5.41, 5.74) is 1.12. The Morgan fingerprint density at radius 3 is 2.27 bits per heavy atom. The number of carbonyl (C=O) groups is 1. The number of carbonyl (C=O) groups excluding carboxylic acids is 1. The van der Waals surface area contributed by atoms with Crippen LogP contribution in [0.15, 0.2) is 29.2 Å². The van der Waals surface area contributed by atoms with Gasteiger partial charge in [-0.3, -0.25) is 4.79 Å². The normalized spacial score (nSPS) is 16.7. The van der Waals surface area contributed by atoms with Crippen LogP contribution in [-0.2, 0) is 21.2 Å². The van der Waals surface area contributed by atoms with Crippen molar-refractivity contribution in [2.24, 2.45) is 0 Å². The fourth-order valence-corrected chi connectivity index (χ4v) is 3.97. The van der Waals surface area contributed by atoms with E-state index in [1.54, 1.807) is 17.0 Å². The number of aryl methyl sites for hydroxylation is 1. The zero-order valence-corrected chi connectivity index (χ0v) is 14.0. The summed E-state index contributed by atoms with van der Waals surface area (Å²) in [5, 5.41) is 0. The summed E-state index contributed by atoms with van der Waals surface area (Å²) in [5.74, 6) is 0.136. The van der Waals surface area contributed by atoms with Crippen LogP contribution in [0.4, 0.5) is 0 Å². The number of likely N-dealkylation sites (tertiary alicyclic amines) is 1. The maximum Gasteiger partial charge on any atom is 0.240 e. The Bertz CT molecular complexity index is 603. The van der Waals surface area contributed by atoms with Gasteiger partial charge in [-0.15, -0.1) is 0 Å². The third kappa shape index (κ3) is 4.08. The molecular formula is C16H24N2O3S. The van der Waals surface area contributed by atoms with E-state index in [0.29, 0.717) is 37.2 Å². The highest BCUT2D eigenvalue weighted by molar-refractivity contribution is 7.89. The van der Waals surface area contributed by atoms with Crippen molar-refractivity contribution in [3.63, 3.8) is 0 Å².